The van der Waals surface area contributed by atoms with Gasteiger partial charge in [0.15, 0.2) is 0 Å². The van der Waals surface area contributed by atoms with E-state index in [9.17, 15) is 4.79 Å². The molecule has 23 heavy (non-hydrogen) atoms. The summed E-state index contributed by atoms with van der Waals surface area (Å²) < 4.78 is 0. The van der Waals surface area contributed by atoms with Crippen molar-refractivity contribution in [2.75, 3.05) is 31.5 Å². The fourth-order valence-corrected chi connectivity index (χ4v) is 4.09. The first-order valence-corrected chi connectivity index (χ1v) is 9.13. The largest absolute Gasteiger partial charge is 0.322 e. The summed E-state index contributed by atoms with van der Waals surface area (Å²) in [6.07, 6.45) is 6.70. The van der Waals surface area contributed by atoms with Gasteiger partial charge in [-0.2, -0.15) is 0 Å². The number of anilines is 1. The van der Waals surface area contributed by atoms with Crippen molar-refractivity contribution in [2.45, 2.75) is 38.1 Å². The predicted octanol–water partition coefficient (Wildman–Crippen LogP) is 4.48. The molecule has 2 fully saturated rings. The molecule has 0 atom stereocenters. The van der Waals surface area contributed by atoms with Crippen LogP contribution in [0.25, 0.3) is 0 Å². The Balaban J connectivity index is 1.51. The quantitative estimate of drug-likeness (QED) is 0.848. The number of hydrogen-bond acceptors (Lipinski definition) is 2. The van der Waals surface area contributed by atoms with Gasteiger partial charge in [0.1, 0.15) is 0 Å². The highest BCUT2D eigenvalue weighted by Gasteiger charge is 2.27. The highest BCUT2D eigenvalue weighted by Crippen LogP contribution is 2.25. The van der Waals surface area contributed by atoms with Crippen molar-refractivity contribution in [3.63, 3.8) is 0 Å². The van der Waals surface area contributed by atoms with Crippen molar-refractivity contribution < 1.29 is 4.79 Å². The minimum Gasteiger partial charge on any atom is -0.322 e. The molecule has 4 nitrogen and oxygen atoms in total. The highest BCUT2D eigenvalue weighted by molar-refractivity contribution is 6.35. The Labute approximate surface area is 147 Å². The summed E-state index contributed by atoms with van der Waals surface area (Å²) in [6, 6.07) is 5.72. The van der Waals surface area contributed by atoms with Crippen LogP contribution in [0.2, 0.25) is 10.0 Å². The molecular weight excluding hydrogens is 333 g/mol. The van der Waals surface area contributed by atoms with Gasteiger partial charge in [0.25, 0.3) is 0 Å². The molecular formula is C17H23Cl2N3O. The first kappa shape index (κ1) is 16.9. The van der Waals surface area contributed by atoms with E-state index in [1.165, 1.54) is 32.1 Å². The standard InChI is InChI=1S/C17H23Cl2N3O/c18-13-10-14(19)12-15(11-13)20-17(23)22-8-6-21(7-9-22)16-4-2-1-3-5-16/h10-12,16H,1-9H2,(H,20,23). The summed E-state index contributed by atoms with van der Waals surface area (Å²) in [6.45, 7) is 3.48. The lowest BCUT2D eigenvalue weighted by molar-refractivity contribution is 0.0943. The van der Waals surface area contributed by atoms with Gasteiger partial charge in [-0.05, 0) is 31.0 Å². The van der Waals surface area contributed by atoms with E-state index in [-0.39, 0.29) is 6.03 Å². The molecule has 3 rings (SSSR count). The number of amides is 2. The van der Waals surface area contributed by atoms with Crippen molar-refractivity contribution >= 4 is 34.9 Å². The lowest BCUT2D eigenvalue weighted by Crippen LogP contribution is -2.53. The number of rotatable bonds is 2. The fourth-order valence-electron chi connectivity index (χ4n) is 3.56. The molecule has 1 saturated carbocycles. The minimum absolute atomic E-state index is 0.0772. The topological polar surface area (TPSA) is 35.6 Å². The van der Waals surface area contributed by atoms with Crippen molar-refractivity contribution in [1.82, 2.24) is 9.80 Å². The Morgan fingerprint density at radius 2 is 1.57 bits per heavy atom. The summed E-state index contributed by atoms with van der Waals surface area (Å²) >= 11 is 11.9. The highest BCUT2D eigenvalue weighted by atomic mass is 35.5. The van der Waals surface area contributed by atoms with Gasteiger partial charge in [0.2, 0.25) is 0 Å². The minimum atomic E-state index is -0.0772. The van der Waals surface area contributed by atoms with Crippen LogP contribution in [0.1, 0.15) is 32.1 Å². The van der Waals surface area contributed by atoms with Crippen LogP contribution in [-0.4, -0.2) is 48.1 Å². The second-order valence-corrected chi connectivity index (χ2v) is 7.28. The molecule has 0 aromatic heterocycles. The van der Waals surface area contributed by atoms with E-state index in [0.717, 1.165) is 32.2 Å². The van der Waals surface area contributed by atoms with Crippen molar-refractivity contribution in [1.29, 1.82) is 0 Å². The third kappa shape index (κ3) is 4.52. The number of benzene rings is 1. The van der Waals surface area contributed by atoms with Crippen LogP contribution in [0.3, 0.4) is 0 Å². The van der Waals surface area contributed by atoms with Crippen LogP contribution >= 0.6 is 23.2 Å². The van der Waals surface area contributed by atoms with Crippen LogP contribution in [-0.2, 0) is 0 Å². The summed E-state index contributed by atoms with van der Waals surface area (Å²) in [5.74, 6) is 0. The summed E-state index contributed by atoms with van der Waals surface area (Å²) in [4.78, 5) is 16.8. The van der Waals surface area contributed by atoms with Gasteiger partial charge in [-0.15, -0.1) is 0 Å². The van der Waals surface area contributed by atoms with Crippen LogP contribution < -0.4 is 5.32 Å². The van der Waals surface area contributed by atoms with Gasteiger partial charge in [-0.25, -0.2) is 4.79 Å². The maximum Gasteiger partial charge on any atom is 0.321 e. The zero-order valence-electron chi connectivity index (χ0n) is 13.2. The molecule has 0 spiro atoms. The molecule has 0 unspecified atom stereocenters. The zero-order chi connectivity index (χ0) is 16.2. The van der Waals surface area contributed by atoms with E-state index >= 15 is 0 Å². The first-order chi connectivity index (χ1) is 11.1. The van der Waals surface area contributed by atoms with Crippen LogP contribution in [0.4, 0.5) is 10.5 Å². The number of piperazine rings is 1. The number of urea groups is 1. The smallest absolute Gasteiger partial charge is 0.321 e. The molecule has 1 aliphatic heterocycles. The van der Waals surface area contributed by atoms with E-state index in [4.69, 9.17) is 23.2 Å². The summed E-state index contributed by atoms with van der Waals surface area (Å²) in [5.41, 5.74) is 0.641. The number of carbonyl (C=O) groups is 1. The van der Waals surface area contributed by atoms with Gasteiger partial charge in [-0.1, -0.05) is 42.5 Å². The number of carbonyl (C=O) groups excluding carboxylic acids is 1. The third-order valence-electron chi connectivity index (χ3n) is 4.81. The fraction of sp³-hybridized carbons (Fsp3) is 0.588. The first-order valence-electron chi connectivity index (χ1n) is 8.38. The molecule has 126 valence electrons. The molecule has 2 aliphatic rings. The molecule has 1 N–H and O–H groups in total. The molecule has 1 aliphatic carbocycles. The van der Waals surface area contributed by atoms with E-state index in [1.807, 2.05) is 4.90 Å². The Kier molecular flexibility index (Phi) is 5.67. The average molecular weight is 356 g/mol. The second kappa shape index (κ2) is 7.73. The van der Waals surface area contributed by atoms with E-state index in [2.05, 4.69) is 10.2 Å². The molecule has 1 saturated heterocycles. The normalized spacial score (nSPS) is 20.5. The van der Waals surface area contributed by atoms with Crippen LogP contribution in [0.15, 0.2) is 18.2 Å². The molecule has 1 heterocycles. The Bertz CT molecular complexity index is 533. The Morgan fingerprint density at radius 3 is 2.17 bits per heavy atom. The van der Waals surface area contributed by atoms with E-state index < -0.39 is 0 Å². The monoisotopic (exact) mass is 355 g/mol. The third-order valence-corrected chi connectivity index (χ3v) is 5.24. The molecule has 0 radical (unpaired) electrons. The molecule has 0 bridgehead atoms. The van der Waals surface area contributed by atoms with Crippen molar-refractivity contribution in [3.8, 4) is 0 Å². The number of nitrogens with zero attached hydrogens (tertiary/aromatic N) is 2. The predicted molar refractivity (Wildman–Crippen MR) is 95.5 cm³/mol. The molecule has 2 amide bonds. The van der Waals surface area contributed by atoms with Crippen LogP contribution in [0, 0.1) is 0 Å². The van der Waals surface area contributed by atoms with Gasteiger partial charge >= 0.3 is 6.03 Å². The number of nitrogens with one attached hydrogen (secondary N) is 1. The SMILES string of the molecule is O=C(Nc1cc(Cl)cc(Cl)c1)N1CCN(C2CCCCC2)CC1. The average Bonchev–Trinajstić information content (AvgIpc) is 2.55. The van der Waals surface area contributed by atoms with Crippen molar-refractivity contribution in [3.05, 3.63) is 28.2 Å². The Morgan fingerprint density at radius 1 is 0.957 bits per heavy atom. The Hall–Kier alpha value is -0.970. The second-order valence-electron chi connectivity index (χ2n) is 6.40. The summed E-state index contributed by atoms with van der Waals surface area (Å²) in [5, 5.41) is 3.93. The molecule has 1 aromatic rings. The zero-order valence-corrected chi connectivity index (χ0v) is 14.7. The molecule has 6 heteroatoms. The number of hydrogen-bond donors (Lipinski definition) is 1. The van der Waals surface area contributed by atoms with Gasteiger partial charge in [0, 0.05) is 48.0 Å². The van der Waals surface area contributed by atoms with E-state index in [1.54, 1.807) is 18.2 Å². The van der Waals surface area contributed by atoms with Gasteiger partial charge in [-0.3, -0.25) is 4.90 Å². The summed E-state index contributed by atoms with van der Waals surface area (Å²) in [7, 11) is 0. The molecule has 1 aromatic carbocycles. The lowest BCUT2D eigenvalue weighted by atomic mass is 9.94. The van der Waals surface area contributed by atoms with Gasteiger partial charge in [0.05, 0.1) is 0 Å². The van der Waals surface area contributed by atoms with Gasteiger partial charge < -0.3 is 10.2 Å². The maximum absolute atomic E-state index is 12.4. The van der Waals surface area contributed by atoms with E-state index in [0.29, 0.717) is 15.7 Å². The maximum atomic E-state index is 12.4. The number of halogens is 2. The van der Waals surface area contributed by atoms with Crippen LogP contribution in [0.5, 0.6) is 0 Å². The van der Waals surface area contributed by atoms with Crippen molar-refractivity contribution in [2.24, 2.45) is 0 Å². The lowest BCUT2D eigenvalue weighted by Gasteiger charge is -2.40.